The number of methoxy groups -OCH3 is 1. The normalized spacial score (nSPS) is 10.3. The Morgan fingerprint density at radius 3 is 2.62 bits per heavy atom. The fourth-order valence-electron chi connectivity index (χ4n) is 2.06. The minimum atomic E-state index is -0.178. The van der Waals surface area contributed by atoms with Gasteiger partial charge in [-0.2, -0.15) is 0 Å². The van der Waals surface area contributed by atoms with E-state index >= 15 is 0 Å². The van der Waals surface area contributed by atoms with Crippen LogP contribution in [-0.2, 0) is 0 Å². The van der Waals surface area contributed by atoms with Crippen molar-refractivity contribution in [1.82, 2.24) is 0 Å². The van der Waals surface area contributed by atoms with E-state index in [-0.39, 0.29) is 5.91 Å². The van der Waals surface area contributed by atoms with Gasteiger partial charge in [0.15, 0.2) is 0 Å². The van der Waals surface area contributed by atoms with Gasteiger partial charge in [-0.15, -0.1) is 0 Å². The third kappa shape index (κ3) is 3.11. The number of rotatable bonds is 3. The minimum absolute atomic E-state index is 0.178. The average Bonchev–Trinajstić information content (AvgIpc) is 2.48. The molecule has 0 fully saturated rings. The van der Waals surface area contributed by atoms with Crippen molar-refractivity contribution in [3.05, 3.63) is 52.5 Å². The molecule has 0 saturated heterocycles. The number of anilines is 2. The maximum absolute atomic E-state index is 12.6. The van der Waals surface area contributed by atoms with Crippen LogP contribution >= 0.6 is 11.6 Å². The summed E-state index contributed by atoms with van der Waals surface area (Å²) >= 11 is 5.97. The number of nitrogens with two attached hydrogens (primary N) is 1. The monoisotopic (exact) mass is 304 g/mol. The van der Waals surface area contributed by atoms with Gasteiger partial charge in [0.25, 0.3) is 5.91 Å². The van der Waals surface area contributed by atoms with E-state index in [2.05, 4.69) is 0 Å². The van der Waals surface area contributed by atoms with Crippen LogP contribution in [0.4, 0.5) is 11.4 Å². The molecule has 2 rings (SSSR count). The van der Waals surface area contributed by atoms with Gasteiger partial charge >= 0.3 is 0 Å². The highest BCUT2D eigenvalue weighted by Gasteiger charge is 2.17. The van der Waals surface area contributed by atoms with Crippen LogP contribution < -0.4 is 15.4 Å². The second kappa shape index (κ2) is 6.06. The molecule has 0 aliphatic rings. The van der Waals surface area contributed by atoms with Crippen LogP contribution in [0.15, 0.2) is 36.4 Å². The van der Waals surface area contributed by atoms with Crippen LogP contribution in [-0.4, -0.2) is 20.1 Å². The van der Waals surface area contributed by atoms with Crippen molar-refractivity contribution >= 4 is 28.9 Å². The molecule has 2 aromatic carbocycles. The summed E-state index contributed by atoms with van der Waals surface area (Å²) in [4.78, 5) is 14.0. The Labute approximate surface area is 129 Å². The van der Waals surface area contributed by atoms with Crippen LogP contribution in [0, 0.1) is 6.92 Å². The highest BCUT2D eigenvalue weighted by Crippen LogP contribution is 2.28. The number of carbonyl (C=O) groups excluding carboxylic acids is 1. The fourth-order valence-corrected chi connectivity index (χ4v) is 2.23. The van der Waals surface area contributed by atoms with Crippen molar-refractivity contribution in [1.29, 1.82) is 0 Å². The lowest BCUT2D eigenvalue weighted by Crippen LogP contribution is -2.27. The standard InChI is InChI=1S/C16H17ClN2O2/c1-10-4-5-11(8-15(10)21-3)16(20)19(2)14-9-12(17)6-7-13(14)18/h4-9H,18H2,1-3H3. The first-order valence-electron chi connectivity index (χ1n) is 6.41. The van der Waals surface area contributed by atoms with Crippen molar-refractivity contribution in [3.63, 3.8) is 0 Å². The number of nitrogen functional groups attached to an aromatic ring is 1. The summed E-state index contributed by atoms with van der Waals surface area (Å²) in [6, 6.07) is 10.4. The quantitative estimate of drug-likeness (QED) is 0.883. The lowest BCUT2D eigenvalue weighted by Gasteiger charge is -2.20. The van der Waals surface area contributed by atoms with E-state index in [4.69, 9.17) is 22.1 Å². The summed E-state index contributed by atoms with van der Waals surface area (Å²) in [7, 11) is 3.24. The predicted molar refractivity (Wildman–Crippen MR) is 86.3 cm³/mol. The molecule has 0 bridgehead atoms. The zero-order valence-corrected chi connectivity index (χ0v) is 12.9. The molecule has 0 aliphatic carbocycles. The molecule has 0 saturated carbocycles. The van der Waals surface area contributed by atoms with Crippen molar-refractivity contribution in [3.8, 4) is 5.75 Å². The Kier molecular flexibility index (Phi) is 4.38. The van der Waals surface area contributed by atoms with Crippen LogP contribution in [0.1, 0.15) is 15.9 Å². The van der Waals surface area contributed by atoms with E-state index in [1.54, 1.807) is 44.5 Å². The Hall–Kier alpha value is -2.20. The molecule has 0 spiro atoms. The minimum Gasteiger partial charge on any atom is -0.496 e. The van der Waals surface area contributed by atoms with Gasteiger partial charge in [0, 0.05) is 17.6 Å². The molecule has 5 heteroatoms. The van der Waals surface area contributed by atoms with Gasteiger partial charge in [-0.1, -0.05) is 17.7 Å². The van der Waals surface area contributed by atoms with Crippen molar-refractivity contribution < 1.29 is 9.53 Å². The third-order valence-corrected chi connectivity index (χ3v) is 3.55. The maximum atomic E-state index is 12.6. The van der Waals surface area contributed by atoms with Crippen molar-refractivity contribution in [2.45, 2.75) is 6.92 Å². The first-order chi connectivity index (χ1) is 9.93. The number of carbonyl (C=O) groups is 1. The van der Waals surface area contributed by atoms with Gasteiger partial charge in [0.2, 0.25) is 0 Å². The Bertz CT molecular complexity index is 686. The van der Waals surface area contributed by atoms with Crippen molar-refractivity contribution in [2.75, 3.05) is 24.8 Å². The largest absolute Gasteiger partial charge is 0.496 e. The number of ether oxygens (including phenoxy) is 1. The number of hydrogen-bond donors (Lipinski definition) is 1. The van der Waals surface area contributed by atoms with Gasteiger partial charge in [-0.25, -0.2) is 0 Å². The molecule has 110 valence electrons. The highest BCUT2D eigenvalue weighted by atomic mass is 35.5. The zero-order valence-electron chi connectivity index (χ0n) is 12.2. The molecule has 0 atom stereocenters. The Morgan fingerprint density at radius 2 is 1.95 bits per heavy atom. The second-order valence-electron chi connectivity index (χ2n) is 4.75. The third-order valence-electron chi connectivity index (χ3n) is 3.31. The number of benzene rings is 2. The molecule has 4 nitrogen and oxygen atoms in total. The summed E-state index contributed by atoms with van der Waals surface area (Å²) in [6.07, 6.45) is 0. The smallest absolute Gasteiger partial charge is 0.258 e. The van der Waals surface area contributed by atoms with Gasteiger partial charge in [0.05, 0.1) is 18.5 Å². The first-order valence-corrected chi connectivity index (χ1v) is 6.79. The van der Waals surface area contributed by atoms with E-state index in [1.807, 2.05) is 13.0 Å². The lowest BCUT2D eigenvalue weighted by atomic mass is 10.1. The molecule has 1 amide bonds. The maximum Gasteiger partial charge on any atom is 0.258 e. The first kappa shape index (κ1) is 15.2. The van der Waals surface area contributed by atoms with Crippen LogP contribution in [0.25, 0.3) is 0 Å². The molecule has 0 aromatic heterocycles. The summed E-state index contributed by atoms with van der Waals surface area (Å²) in [5.41, 5.74) is 8.48. The van der Waals surface area contributed by atoms with Crippen molar-refractivity contribution in [2.24, 2.45) is 0 Å². The van der Waals surface area contributed by atoms with E-state index in [0.29, 0.717) is 27.7 Å². The van der Waals surface area contributed by atoms with E-state index in [0.717, 1.165) is 5.56 Å². The lowest BCUT2D eigenvalue weighted by molar-refractivity contribution is 0.0993. The number of nitrogens with zero attached hydrogens (tertiary/aromatic N) is 1. The van der Waals surface area contributed by atoms with Crippen LogP contribution in [0.3, 0.4) is 0 Å². The van der Waals surface area contributed by atoms with E-state index < -0.39 is 0 Å². The Morgan fingerprint density at radius 1 is 1.24 bits per heavy atom. The van der Waals surface area contributed by atoms with E-state index in [9.17, 15) is 4.79 Å². The molecular formula is C16H17ClN2O2. The summed E-state index contributed by atoms with van der Waals surface area (Å²) < 4.78 is 5.25. The second-order valence-corrected chi connectivity index (χ2v) is 5.19. The molecule has 21 heavy (non-hydrogen) atoms. The van der Waals surface area contributed by atoms with Crippen LogP contribution in [0.2, 0.25) is 5.02 Å². The number of aryl methyl sites for hydroxylation is 1. The molecule has 2 aromatic rings. The molecule has 0 radical (unpaired) electrons. The van der Waals surface area contributed by atoms with Gasteiger partial charge in [-0.05, 0) is 42.8 Å². The fraction of sp³-hybridized carbons (Fsp3) is 0.188. The van der Waals surface area contributed by atoms with E-state index in [1.165, 1.54) is 4.90 Å². The van der Waals surface area contributed by atoms with Gasteiger partial charge in [0.1, 0.15) is 5.75 Å². The molecule has 0 aliphatic heterocycles. The number of hydrogen-bond acceptors (Lipinski definition) is 3. The topological polar surface area (TPSA) is 55.6 Å². The summed E-state index contributed by atoms with van der Waals surface area (Å²) in [5, 5.41) is 0.528. The highest BCUT2D eigenvalue weighted by molar-refractivity contribution is 6.31. The molecular weight excluding hydrogens is 288 g/mol. The number of halogens is 1. The number of amides is 1. The Balaban J connectivity index is 2.37. The van der Waals surface area contributed by atoms with Gasteiger partial charge in [-0.3, -0.25) is 4.79 Å². The van der Waals surface area contributed by atoms with Crippen LogP contribution in [0.5, 0.6) is 5.75 Å². The molecule has 2 N–H and O–H groups in total. The molecule has 0 heterocycles. The summed E-state index contributed by atoms with van der Waals surface area (Å²) in [5.74, 6) is 0.496. The SMILES string of the molecule is COc1cc(C(=O)N(C)c2cc(Cl)ccc2N)ccc1C. The van der Waals surface area contributed by atoms with Gasteiger partial charge < -0.3 is 15.4 Å². The zero-order chi connectivity index (χ0) is 15.6. The predicted octanol–water partition coefficient (Wildman–Crippen LogP) is 3.52. The average molecular weight is 305 g/mol. The molecule has 0 unspecified atom stereocenters. The summed E-state index contributed by atoms with van der Waals surface area (Å²) in [6.45, 7) is 1.92.